The molecule has 0 amide bonds. The van der Waals surface area contributed by atoms with Crippen LogP contribution < -0.4 is 10.6 Å². The van der Waals surface area contributed by atoms with Crippen molar-refractivity contribution in [2.45, 2.75) is 13.5 Å². The SMILES string of the molecule is Cc1cc(CN)cc(N(CCO)CCO)n1. The van der Waals surface area contributed by atoms with Crippen LogP contribution in [0.4, 0.5) is 5.82 Å². The Morgan fingerprint density at radius 2 is 1.88 bits per heavy atom. The highest BCUT2D eigenvalue weighted by atomic mass is 16.3. The van der Waals surface area contributed by atoms with Gasteiger partial charge in [-0.2, -0.15) is 0 Å². The molecule has 0 unspecified atom stereocenters. The van der Waals surface area contributed by atoms with Crippen LogP contribution in [-0.2, 0) is 6.54 Å². The minimum Gasteiger partial charge on any atom is -0.395 e. The van der Waals surface area contributed by atoms with E-state index in [9.17, 15) is 0 Å². The summed E-state index contributed by atoms with van der Waals surface area (Å²) in [5, 5.41) is 17.9. The molecule has 16 heavy (non-hydrogen) atoms. The predicted molar refractivity (Wildman–Crippen MR) is 63.3 cm³/mol. The van der Waals surface area contributed by atoms with Crippen LogP contribution in [0.3, 0.4) is 0 Å². The molecule has 0 radical (unpaired) electrons. The molecule has 1 aromatic heterocycles. The number of anilines is 1. The molecular weight excluding hydrogens is 206 g/mol. The number of nitrogens with zero attached hydrogens (tertiary/aromatic N) is 2. The molecule has 1 heterocycles. The molecule has 5 heteroatoms. The standard InChI is InChI=1S/C11H19N3O2/c1-9-6-10(8-12)7-11(13-9)14(2-4-15)3-5-16/h6-7,15-16H,2-5,8,12H2,1H3. The van der Waals surface area contributed by atoms with E-state index in [2.05, 4.69) is 4.98 Å². The van der Waals surface area contributed by atoms with Crippen molar-refractivity contribution >= 4 is 5.82 Å². The van der Waals surface area contributed by atoms with E-state index in [1.54, 1.807) is 0 Å². The lowest BCUT2D eigenvalue weighted by molar-refractivity contribution is 0.280. The quantitative estimate of drug-likeness (QED) is 0.616. The molecule has 0 fully saturated rings. The second kappa shape index (κ2) is 6.42. The molecule has 1 aromatic rings. The van der Waals surface area contributed by atoms with Gasteiger partial charge >= 0.3 is 0 Å². The number of pyridine rings is 1. The van der Waals surface area contributed by atoms with Gasteiger partial charge in [-0.15, -0.1) is 0 Å². The Hall–Kier alpha value is -1.17. The summed E-state index contributed by atoms with van der Waals surface area (Å²) < 4.78 is 0. The van der Waals surface area contributed by atoms with Gasteiger partial charge < -0.3 is 20.8 Å². The van der Waals surface area contributed by atoms with Crippen LogP contribution in [0.15, 0.2) is 12.1 Å². The Morgan fingerprint density at radius 3 is 2.38 bits per heavy atom. The minimum absolute atomic E-state index is 0.0353. The van der Waals surface area contributed by atoms with Crippen molar-refractivity contribution in [2.75, 3.05) is 31.2 Å². The third-order valence-electron chi connectivity index (χ3n) is 2.30. The maximum Gasteiger partial charge on any atom is 0.129 e. The van der Waals surface area contributed by atoms with Gasteiger partial charge in [-0.05, 0) is 24.6 Å². The van der Waals surface area contributed by atoms with Crippen LogP contribution >= 0.6 is 0 Å². The van der Waals surface area contributed by atoms with Gasteiger partial charge in [-0.1, -0.05) is 0 Å². The van der Waals surface area contributed by atoms with Crippen LogP contribution in [0.1, 0.15) is 11.3 Å². The molecule has 0 saturated heterocycles. The molecule has 5 nitrogen and oxygen atoms in total. The zero-order valence-electron chi connectivity index (χ0n) is 9.56. The van der Waals surface area contributed by atoms with Crippen molar-refractivity contribution in [3.05, 3.63) is 23.4 Å². The van der Waals surface area contributed by atoms with Crippen molar-refractivity contribution < 1.29 is 10.2 Å². The van der Waals surface area contributed by atoms with Gasteiger partial charge in [0.05, 0.1) is 13.2 Å². The maximum absolute atomic E-state index is 8.94. The Kier molecular flexibility index (Phi) is 5.18. The summed E-state index contributed by atoms with van der Waals surface area (Å²) in [5.41, 5.74) is 7.48. The summed E-state index contributed by atoms with van der Waals surface area (Å²) in [4.78, 5) is 6.21. The molecule has 0 spiro atoms. The van der Waals surface area contributed by atoms with Gasteiger partial charge in [-0.3, -0.25) is 0 Å². The van der Waals surface area contributed by atoms with E-state index in [0.717, 1.165) is 17.1 Å². The van der Waals surface area contributed by atoms with E-state index in [4.69, 9.17) is 15.9 Å². The van der Waals surface area contributed by atoms with Gasteiger partial charge in [0.25, 0.3) is 0 Å². The third-order valence-corrected chi connectivity index (χ3v) is 2.30. The number of aryl methyl sites for hydroxylation is 1. The number of nitrogens with two attached hydrogens (primary N) is 1. The first-order valence-electron chi connectivity index (χ1n) is 5.35. The van der Waals surface area contributed by atoms with Crippen LogP contribution in [0, 0.1) is 6.92 Å². The molecule has 1 rings (SSSR count). The maximum atomic E-state index is 8.94. The average molecular weight is 225 g/mol. The Bertz CT molecular complexity index is 325. The summed E-state index contributed by atoms with van der Waals surface area (Å²) in [6.07, 6.45) is 0. The van der Waals surface area contributed by atoms with Crippen molar-refractivity contribution in [1.29, 1.82) is 0 Å². The molecule has 0 atom stereocenters. The van der Waals surface area contributed by atoms with E-state index in [1.807, 2.05) is 24.0 Å². The second-order valence-electron chi connectivity index (χ2n) is 3.61. The van der Waals surface area contributed by atoms with Crippen molar-refractivity contribution in [1.82, 2.24) is 4.98 Å². The lowest BCUT2D eigenvalue weighted by atomic mass is 10.2. The molecule has 0 bridgehead atoms. The summed E-state index contributed by atoms with van der Waals surface area (Å²) in [6.45, 7) is 3.35. The first-order chi connectivity index (χ1) is 7.71. The monoisotopic (exact) mass is 225 g/mol. The van der Waals surface area contributed by atoms with Crippen LogP contribution in [-0.4, -0.2) is 41.5 Å². The van der Waals surface area contributed by atoms with Gasteiger partial charge in [0.2, 0.25) is 0 Å². The Balaban J connectivity index is 2.93. The zero-order chi connectivity index (χ0) is 12.0. The first kappa shape index (κ1) is 12.9. The van der Waals surface area contributed by atoms with Gasteiger partial charge in [0.15, 0.2) is 0 Å². The molecule has 0 saturated carbocycles. The largest absolute Gasteiger partial charge is 0.395 e. The fourth-order valence-electron chi connectivity index (χ4n) is 1.58. The summed E-state index contributed by atoms with van der Waals surface area (Å²) in [6, 6.07) is 3.82. The molecule has 0 aliphatic rings. The minimum atomic E-state index is 0.0353. The van der Waals surface area contributed by atoms with Crippen LogP contribution in [0.5, 0.6) is 0 Å². The van der Waals surface area contributed by atoms with E-state index in [-0.39, 0.29) is 13.2 Å². The summed E-state index contributed by atoms with van der Waals surface area (Å²) >= 11 is 0. The van der Waals surface area contributed by atoms with E-state index in [1.165, 1.54) is 0 Å². The van der Waals surface area contributed by atoms with Crippen molar-refractivity contribution in [3.63, 3.8) is 0 Å². The predicted octanol–water partition coefficient (Wildman–Crippen LogP) is -0.360. The van der Waals surface area contributed by atoms with Gasteiger partial charge in [-0.25, -0.2) is 4.98 Å². The Morgan fingerprint density at radius 1 is 1.25 bits per heavy atom. The van der Waals surface area contributed by atoms with E-state index < -0.39 is 0 Å². The number of aromatic nitrogens is 1. The molecule has 0 aliphatic carbocycles. The van der Waals surface area contributed by atoms with Gasteiger partial charge in [0.1, 0.15) is 5.82 Å². The first-order valence-corrected chi connectivity index (χ1v) is 5.35. The number of rotatable bonds is 6. The third kappa shape index (κ3) is 3.44. The lowest BCUT2D eigenvalue weighted by Crippen LogP contribution is -2.30. The fourth-order valence-corrected chi connectivity index (χ4v) is 1.58. The number of aliphatic hydroxyl groups is 2. The second-order valence-corrected chi connectivity index (χ2v) is 3.61. The molecule has 90 valence electrons. The summed E-state index contributed by atoms with van der Waals surface area (Å²) in [5.74, 6) is 0.753. The van der Waals surface area contributed by atoms with E-state index in [0.29, 0.717) is 19.6 Å². The fraction of sp³-hybridized carbons (Fsp3) is 0.545. The zero-order valence-corrected chi connectivity index (χ0v) is 9.56. The highest BCUT2D eigenvalue weighted by Crippen LogP contribution is 2.14. The molecule has 4 N–H and O–H groups in total. The highest BCUT2D eigenvalue weighted by Gasteiger charge is 2.08. The van der Waals surface area contributed by atoms with E-state index >= 15 is 0 Å². The van der Waals surface area contributed by atoms with Crippen LogP contribution in [0.2, 0.25) is 0 Å². The van der Waals surface area contributed by atoms with Crippen LogP contribution in [0.25, 0.3) is 0 Å². The normalized spacial score (nSPS) is 10.5. The average Bonchev–Trinajstić information content (AvgIpc) is 2.28. The Labute approximate surface area is 95.5 Å². The molecule has 0 aromatic carbocycles. The summed E-state index contributed by atoms with van der Waals surface area (Å²) in [7, 11) is 0. The molecule has 0 aliphatic heterocycles. The molecular formula is C11H19N3O2. The van der Waals surface area contributed by atoms with Crippen molar-refractivity contribution in [3.8, 4) is 0 Å². The number of aliphatic hydroxyl groups excluding tert-OH is 2. The smallest absolute Gasteiger partial charge is 0.129 e. The topological polar surface area (TPSA) is 82.6 Å². The van der Waals surface area contributed by atoms with Gasteiger partial charge in [0, 0.05) is 25.3 Å². The highest BCUT2D eigenvalue weighted by molar-refractivity contribution is 5.42. The van der Waals surface area contributed by atoms with Crippen molar-refractivity contribution in [2.24, 2.45) is 5.73 Å². The number of hydrogen-bond acceptors (Lipinski definition) is 5. The number of hydrogen-bond donors (Lipinski definition) is 3. The lowest BCUT2D eigenvalue weighted by Gasteiger charge is -2.22.